The van der Waals surface area contributed by atoms with Gasteiger partial charge in [0.15, 0.2) is 0 Å². The van der Waals surface area contributed by atoms with Crippen LogP contribution in [0, 0.1) is 5.92 Å². The Labute approximate surface area is 195 Å². The zero-order valence-corrected chi connectivity index (χ0v) is 22.6. The van der Waals surface area contributed by atoms with Crippen LogP contribution in [0.15, 0.2) is 75.9 Å². The van der Waals surface area contributed by atoms with Crippen molar-refractivity contribution in [1.29, 1.82) is 0 Å². The Bertz CT molecular complexity index is 471. The monoisotopic (exact) mass is 460 g/mol. The van der Waals surface area contributed by atoms with Gasteiger partial charge in [0.05, 0.1) is 0 Å². The summed E-state index contributed by atoms with van der Waals surface area (Å²) in [6, 6.07) is 5.46. The molecule has 0 aromatic heterocycles. The average Bonchev–Trinajstić information content (AvgIpc) is 2.69. The Hall–Kier alpha value is -1.21. The molecule has 0 aliphatic heterocycles. The van der Waals surface area contributed by atoms with Crippen molar-refractivity contribution in [2.24, 2.45) is 5.92 Å². The van der Waals surface area contributed by atoms with Gasteiger partial charge >= 0.3 is 0 Å². The molecule has 0 aromatic rings. The molecular formula is C27H48O2Si2. The summed E-state index contributed by atoms with van der Waals surface area (Å²) in [4.78, 5) is 0. The van der Waals surface area contributed by atoms with Crippen molar-refractivity contribution in [1.82, 2.24) is 0 Å². The molecule has 0 aliphatic carbocycles. The third-order valence-corrected chi connectivity index (χ3v) is 14.0. The maximum absolute atomic E-state index is 6.93. The standard InChI is InChI=1S/C27H48O2Si2/c1-10-17-18-27(25(8)28-30(19-11-2,20-12-3)21-13-4)26(9)29-31(22-14-5,23-15-6)24-16-7/h11-16,25-27H,2-7,10,17-24H2,1,8-9H3. The maximum Gasteiger partial charge on any atom is 0.204 e. The van der Waals surface area contributed by atoms with Gasteiger partial charge in [-0.2, -0.15) is 0 Å². The summed E-state index contributed by atoms with van der Waals surface area (Å²) < 4.78 is 13.9. The second kappa shape index (κ2) is 16.4. The molecular weight excluding hydrogens is 412 g/mol. The average molecular weight is 461 g/mol. The van der Waals surface area contributed by atoms with Gasteiger partial charge in [-0.3, -0.25) is 0 Å². The minimum absolute atomic E-state index is 0.107. The number of allylic oxidation sites excluding steroid dienone is 6. The molecule has 0 aromatic carbocycles. The topological polar surface area (TPSA) is 18.5 Å². The van der Waals surface area contributed by atoms with Gasteiger partial charge in [0.1, 0.15) is 0 Å². The molecule has 0 aliphatic rings. The van der Waals surface area contributed by atoms with Crippen molar-refractivity contribution in [2.45, 2.75) is 88.5 Å². The lowest BCUT2D eigenvalue weighted by molar-refractivity contribution is 0.0422. The van der Waals surface area contributed by atoms with E-state index in [2.05, 4.69) is 60.2 Å². The Morgan fingerprint density at radius 3 is 1.13 bits per heavy atom. The van der Waals surface area contributed by atoms with Crippen molar-refractivity contribution in [2.75, 3.05) is 0 Å². The second-order valence-corrected chi connectivity index (χ2v) is 16.4. The Kier molecular flexibility index (Phi) is 15.8. The summed E-state index contributed by atoms with van der Waals surface area (Å²) in [6.45, 7) is 30.7. The molecule has 0 heterocycles. The fourth-order valence-electron chi connectivity index (χ4n) is 4.62. The maximum atomic E-state index is 6.93. The molecule has 0 saturated heterocycles. The molecule has 176 valence electrons. The SMILES string of the molecule is C=CC[Si](CC=C)(CC=C)OC(C)C(CCCC)C(C)O[Si](CC=C)(CC=C)CC=C. The first-order valence-electron chi connectivity index (χ1n) is 11.8. The van der Waals surface area contributed by atoms with Crippen LogP contribution in [0.4, 0.5) is 0 Å². The van der Waals surface area contributed by atoms with Gasteiger partial charge in [-0.15, -0.1) is 39.5 Å². The lowest BCUT2D eigenvalue weighted by Crippen LogP contribution is -2.47. The molecule has 0 saturated carbocycles. The van der Waals surface area contributed by atoms with E-state index in [1.165, 1.54) is 12.8 Å². The van der Waals surface area contributed by atoms with Crippen molar-refractivity contribution in [3.8, 4) is 0 Å². The number of hydrogen-bond acceptors (Lipinski definition) is 2. The van der Waals surface area contributed by atoms with Crippen LogP contribution < -0.4 is 0 Å². The molecule has 0 N–H and O–H groups in total. The molecule has 2 atom stereocenters. The van der Waals surface area contributed by atoms with Crippen LogP contribution in [0.25, 0.3) is 0 Å². The summed E-state index contributed by atoms with van der Waals surface area (Å²) in [6.07, 6.45) is 15.7. The molecule has 31 heavy (non-hydrogen) atoms. The first kappa shape index (κ1) is 29.8. The van der Waals surface area contributed by atoms with Crippen LogP contribution in [0.5, 0.6) is 0 Å². The van der Waals surface area contributed by atoms with Gasteiger partial charge in [0, 0.05) is 18.1 Å². The predicted octanol–water partition coefficient (Wildman–Crippen LogP) is 8.61. The van der Waals surface area contributed by atoms with Crippen molar-refractivity contribution in [3.05, 3.63) is 75.9 Å². The summed E-state index contributed by atoms with van der Waals surface area (Å²) in [7, 11) is -4.12. The summed E-state index contributed by atoms with van der Waals surface area (Å²) >= 11 is 0. The van der Waals surface area contributed by atoms with E-state index in [-0.39, 0.29) is 12.2 Å². The second-order valence-electron chi connectivity index (χ2n) is 8.77. The van der Waals surface area contributed by atoms with Gasteiger partial charge in [-0.1, -0.05) is 56.2 Å². The molecule has 4 heteroatoms. The summed E-state index contributed by atoms with van der Waals surface area (Å²) in [5.74, 6) is 0.331. The zero-order chi connectivity index (χ0) is 23.8. The van der Waals surface area contributed by atoms with Crippen molar-refractivity contribution < 1.29 is 8.85 Å². The van der Waals surface area contributed by atoms with Gasteiger partial charge in [0.2, 0.25) is 16.6 Å². The van der Waals surface area contributed by atoms with E-state index in [4.69, 9.17) is 8.85 Å². The van der Waals surface area contributed by atoms with Crippen molar-refractivity contribution >= 4 is 16.6 Å². The third kappa shape index (κ3) is 10.3. The van der Waals surface area contributed by atoms with Gasteiger partial charge < -0.3 is 8.85 Å². The smallest absolute Gasteiger partial charge is 0.204 e. The molecule has 0 fully saturated rings. The first-order valence-corrected chi connectivity index (χ1v) is 16.9. The van der Waals surface area contributed by atoms with Crippen LogP contribution in [-0.2, 0) is 8.85 Å². The van der Waals surface area contributed by atoms with Crippen LogP contribution in [-0.4, -0.2) is 28.8 Å². The Morgan fingerprint density at radius 1 is 0.613 bits per heavy atom. The van der Waals surface area contributed by atoms with E-state index >= 15 is 0 Å². The first-order chi connectivity index (χ1) is 14.8. The summed E-state index contributed by atoms with van der Waals surface area (Å²) in [5.41, 5.74) is 0. The van der Waals surface area contributed by atoms with Gasteiger partial charge in [-0.25, -0.2) is 0 Å². The number of unbranched alkanes of at least 4 members (excludes halogenated alkanes) is 1. The minimum atomic E-state index is -2.06. The van der Waals surface area contributed by atoms with E-state index in [9.17, 15) is 0 Å². The molecule has 0 rings (SSSR count). The van der Waals surface area contributed by atoms with E-state index in [1.54, 1.807) is 0 Å². The highest BCUT2D eigenvalue weighted by Crippen LogP contribution is 2.34. The van der Waals surface area contributed by atoms with Crippen LogP contribution in [0.3, 0.4) is 0 Å². The van der Waals surface area contributed by atoms with E-state index < -0.39 is 16.6 Å². The van der Waals surface area contributed by atoms with Gasteiger partial charge in [0.25, 0.3) is 0 Å². The predicted molar refractivity (Wildman–Crippen MR) is 146 cm³/mol. The van der Waals surface area contributed by atoms with Gasteiger partial charge in [-0.05, 0) is 56.5 Å². The molecule has 0 amide bonds. The molecule has 0 spiro atoms. The lowest BCUT2D eigenvalue weighted by atomic mass is 9.92. The fraction of sp³-hybridized carbons (Fsp3) is 0.556. The highest BCUT2D eigenvalue weighted by atomic mass is 28.4. The molecule has 0 radical (unpaired) electrons. The van der Waals surface area contributed by atoms with Crippen LogP contribution in [0.1, 0.15) is 40.0 Å². The van der Waals surface area contributed by atoms with E-state index in [0.717, 1.165) is 42.7 Å². The number of rotatable bonds is 21. The highest BCUT2D eigenvalue weighted by molar-refractivity contribution is 6.75. The van der Waals surface area contributed by atoms with Crippen molar-refractivity contribution in [3.63, 3.8) is 0 Å². The van der Waals surface area contributed by atoms with Crippen LogP contribution >= 0.6 is 0 Å². The molecule has 0 bridgehead atoms. The largest absolute Gasteiger partial charge is 0.413 e. The quantitative estimate of drug-likeness (QED) is 0.126. The third-order valence-electron chi connectivity index (χ3n) is 6.07. The molecule has 2 nitrogen and oxygen atoms in total. The normalized spacial score (nSPS) is 14.8. The van der Waals surface area contributed by atoms with E-state index in [0.29, 0.717) is 5.92 Å². The summed E-state index contributed by atoms with van der Waals surface area (Å²) in [5, 5.41) is 0. The lowest BCUT2D eigenvalue weighted by Gasteiger charge is -2.41. The fourth-order valence-corrected chi connectivity index (χ4v) is 11.3. The zero-order valence-electron chi connectivity index (χ0n) is 20.6. The molecule has 2 unspecified atom stereocenters. The highest BCUT2D eigenvalue weighted by Gasteiger charge is 2.39. The van der Waals surface area contributed by atoms with E-state index in [1.807, 2.05) is 36.5 Å². The number of hydrogen-bond donors (Lipinski definition) is 0. The Balaban J connectivity index is 5.82. The minimum Gasteiger partial charge on any atom is -0.413 e. The van der Waals surface area contributed by atoms with Crippen LogP contribution in [0.2, 0.25) is 36.3 Å². The Morgan fingerprint density at radius 2 is 0.903 bits per heavy atom.